The van der Waals surface area contributed by atoms with E-state index in [2.05, 4.69) is 17.6 Å². The molecule has 0 spiro atoms. The fraction of sp³-hybridized carbons (Fsp3) is 0. The van der Waals surface area contributed by atoms with Crippen molar-refractivity contribution >= 4 is 29.2 Å². The minimum absolute atomic E-state index is 0.741. The molecule has 0 bridgehead atoms. The number of H-pyrrole nitrogens is 1. The minimum atomic E-state index is 0.741. The number of fused-ring (bicyclic) bond motifs is 1. The van der Waals surface area contributed by atoms with Gasteiger partial charge in [0.1, 0.15) is 0 Å². The third kappa shape index (κ3) is 0.973. The maximum absolute atomic E-state index is 5.62. The quantitative estimate of drug-likeness (QED) is 0.405. The van der Waals surface area contributed by atoms with Gasteiger partial charge in [-0.25, -0.2) is 0 Å². The molecule has 3 N–H and O–H groups in total. The Bertz CT molecular complexity index is 392. The monoisotopic (exact) mass is 164 g/mol. The summed E-state index contributed by atoms with van der Waals surface area (Å²) in [5.41, 5.74) is 7.39. The van der Waals surface area contributed by atoms with Crippen LogP contribution in [0.4, 0.5) is 5.69 Å². The number of hydrogen-bond donors (Lipinski definition) is 3. The molecule has 0 unspecified atom stereocenters. The Morgan fingerprint density at radius 3 is 3.00 bits per heavy atom. The van der Waals surface area contributed by atoms with Gasteiger partial charge in [0, 0.05) is 27.7 Å². The largest absolute Gasteiger partial charge is 0.399 e. The third-order valence-electron chi connectivity index (χ3n) is 1.67. The number of nitrogen functional groups attached to an aromatic ring is 1. The Balaban J connectivity index is 2.91. The highest BCUT2D eigenvalue weighted by Gasteiger charge is 1.98. The second kappa shape index (κ2) is 2.20. The van der Waals surface area contributed by atoms with E-state index in [1.54, 1.807) is 0 Å². The van der Waals surface area contributed by atoms with Crippen molar-refractivity contribution in [2.75, 3.05) is 5.73 Å². The van der Waals surface area contributed by atoms with Crippen LogP contribution in [-0.2, 0) is 0 Å². The molecule has 1 aromatic carbocycles. The van der Waals surface area contributed by atoms with Gasteiger partial charge in [0.2, 0.25) is 0 Å². The summed E-state index contributed by atoms with van der Waals surface area (Å²) >= 11 is 4.29. The maximum atomic E-state index is 5.62. The van der Waals surface area contributed by atoms with Crippen LogP contribution in [0.1, 0.15) is 0 Å². The third-order valence-corrected chi connectivity index (χ3v) is 2.04. The van der Waals surface area contributed by atoms with Crippen molar-refractivity contribution in [1.82, 2.24) is 4.98 Å². The van der Waals surface area contributed by atoms with E-state index in [1.165, 1.54) is 0 Å². The van der Waals surface area contributed by atoms with Crippen LogP contribution in [0, 0.1) is 0 Å². The topological polar surface area (TPSA) is 41.8 Å². The predicted molar refractivity (Wildman–Crippen MR) is 50.0 cm³/mol. The second-order valence-corrected chi connectivity index (χ2v) is 2.96. The fourth-order valence-corrected chi connectivity index (χ4v) is 1.51. The first-order valence-corrected chi connectivity index (χ1v) is 3.77. The number of anilines is 1. The molecule has 3 heteroatoms. The van der Waals surface area contributed by atoms with Gasteiger partial charge >= 0.3 is 0 Å². The second-order valence-electron chi connectivity index (χ2n) is 2.48. The Morgan fingerprint density at radius 1 is 1.36 bits per heavy atom. The van der Waals surface area contributed by atoms with E-state index in [0.29, 0.717) is 0 Å². The molecule has 56 valence electrons. The SMILES string of the molecule is Nc1cc(S)c2cc[nH]c2c1. The van der Waals surface area contributed by atoms with E-state index in [9.17, 15) is 0 Å². The summed E-state index contributed by atoms with van der Waals surface area (Å²) in [6.07, 6.45) is 1.88. The lowest BCUT2D eigenvalue weighted by atomic mass is 10.2. The molecular formula is C8H8N2S. The van der Waals surface area contributed by atoms with Gasteiger partial charge in [0.25, 0.3) is 0 Å². The van der Waals surface area contributed by atoms with Crippen LogP contribution in [0.3, 0.4) is 0 Å². The summed E-state index contributed by atoms with van der Waals surface area (Å²) in [6.45, 7) is 0. The van der Waals surface area contributed by atoms with E-state index in [4.69, 9.17) is 5.73 Å². The number of thiol groups is 1. The van der Waals surface area contributed by atoms with Gasteiger partial charge in [0.15, 0.2) is 0 Å². The van der Waals surface area contributed by atoms with Gasteiger partial charge < -0.3 is 10.7 Å². The first-order chi connectivity index (χ1) is 5.27. The first kappa shape index (κ1) is 6.61. The molecule has 2 nitrogen and oxygen atoms in total. The van der Waals surface area contributed by atoms with Crippen molar-refractivity contribution in [1.29, 1.82) is 0 Å². The molecule has 1 heterocycles. The Labute approximate surface area is 69.8 Å². The Hall–Kier alpha value is -1.09. The smallest absolute Gasteiger partial charge is 0.0485 e. The van der Waals surface area contributed by atoms with Crippen LogP contribution in [0.25, 0.3) is 10.9 Å². The molecule has 11 heavy (non-hydrogen) atoms. The summed E-state index contributed by atoms with van der Waals surface area (Å²) < 4.78 is 0. The van der Waals surface area contributed by atoms with Crippen LogP contribution in [-0.4, -0.2) is 4.98 Å². The van der Waals surface area contributed by atoms with Gasteiger partial charge in [-0.2, -0.15) is 0 Å². The average Bonchev–Trinajstić information content (AvgIpc) is 2.34. The van der Waals surface area contributed by atoms with Crippen LogP contribution in [0.15, 0.2) is 29.3 Å². The van der Waals surface area contributed by atoms with E-state index in [0.717, 1.165) is 21.5 Å². The molecular weight excluding hydrogens is 156 g/mol. The summed E-state index contributed by atoms with van der Waals surface area (Å²) in [4.78, 5) is 3.99. The van der Waals surface area contributed by atoms with Crippen molar-refractivity contribution in [2.24, 2.45) is 0 Å². The van der Waals surface area contributed by atoms with Gasteiger partial charge in [0.05, 0.1) is 0 Å². The van der Waals surface area contributed by atoms with Crippen molar-refractivity contribution < 1.29 is 0 Å². The maximum Gasteiger partial charge on any atom is 0.0485 e. The molecule has 0 saturated heterocycles. The van der Waals surface area contributed by atoms with Crippen LogP contribution in [0.2, 0.25) is 0 Å². The highest BCUT2D eigenvalue weighted by Crippen LogP contribution is 2.23. The molecule has 2 aromatic rings. The summed E-state index contributed by atoms with van der Waals surface area (Å²) in [5, 5.41) is 1.11. The lowest BCUT2D eigenvalue weighted by molar-refractivity contribution is 1.47. The highest BCUT2D eigenvalue weighted by molar-refractivity contribution is 7.80. The van der Waals surface area contributed by atoms with Crippen molar-refractivity contribution in [3.05, 3.63) is 24.4 Å². The van der Waals surface area contributed by atoms with E-state index in [-0.39, 0.29) is 0 Å². The van der Waals surface area contributed by atoms with Crippen molar-refractivity contribution in [3.8, 4) is 0 Å². The average molecular weight is 164 g/mol. The van der Waals surface area contributed by atoms with E-state index < -0.39 is 0 Å². The molecule has 0 saturated carbocycles. The van der Waals surface area contributed by atoms with Gasteiger partial charge in [-0.05, 0) is 18.2 Å². The van der Waals surface area contributed by atoms with Gasteiger partial charge in [-0.3, -0.25) is 0 Å². The molecule has 1 aromatic heterocycles. The van der Waals surface area contributed by atoms with Crippen LogP contribution in [0.5, 0.6) is 0 Å². The number of rotatable bonds is 0. The van der Waals surface area contributed by atoms with Crippen LogP contribution >= 0.6 is 12.6 Å². The number of aromatic amines is 1. The highest BCUT2D eigenvalue weighted by atomic mass is 32.1. The minimum Gasteiger partial charge on any atom is -0.399 e. The molecule has 0 radical (unpaired) electrons. The molecule has 2 rings (SSSR count). The van der Waals surface area contributed by atoms with Gasteiger partial charge in [-0.15, -0.1) is 12.6 Å². The normalized spacial score (nSPS) is 10.6. The van der Waals surface area contributed by atoms with Crippen molar-refractivity contribution in [2.45, 2.75) is 4.90 Å². The zero-order valence-electron chi connectivity index (χ0n) is 5.83. The standard InChI is InChI=1S/C8H8N2S/c9-5-3-7-6(1-2-10-7)8(11)4-5/h1-4,10-11H,9H2. The van der Waals surface area contributed by atoms with E-state index >= 15 is 0 Å². The molecule has 0 aliphatic heterocycles. The molecule has 0 aliphatic rings. The Kier molecular flexibility index (Phi) is 1.32. The number of nitrogens with two attached hydrogens (primary N) is 1. The first-order valence-electron chi connectivity index (χ1n) is 3.33. The zero-order chi connectivity index (χ0) is 7.84. The zero-order valence-corrected chi connectivity index (χ0v) is 6.73. The van der Waals surface area contributed by atoms with Gasteiger partial charge in [-0.1, -0.05) is 0 Å². The predicted octanol–water partition coefficient (Wildman–Crippen LogP) is 2.04. The number of hydrogen-bond acceptors (Lipinski definition) is 2. The lowest BCUT2D eigenvalue weighted by Gasteiger charge is -1.96. The lowest BCUT2D eigenvalue weighted by Crippen LogP contribution is -1.83. The van der Waals surface area contributed by atoms with Crippen molar-refractivity contribution in [3.63, 3.8) is 0 Å². The molecule has 0 fully saturated rings. The molecule has 0 amide bonds. The summed E-state index contributed by atoms with van der Waals surface area (Å²) in [5.74, 6) is 0. The summed E-state index contributed by atoms with van der Waals surface area (Å²) in [7, 11) is 0. The number of nitrogens with one attached hydrogen (secondary N) is 1. The molecule has 0 atom stereocenters. The van der Waals surface area contributed by atoms with E-state index in [1.807, 2.05) is 24.4 Å². The van der Waals surface area contributed by atoms with Crippen LogP contribution < -0.4 is 5.73 Å². The molecule has 0 aliphatic carbocycles. The number of aromatic nitrogens is 1. The Morgan fingerprint density at radius 2 is 2.18 bits per heavy atom. The number of benzene rings is 1. The fourth-order valence-electron chi connectivity index (χ4n) is 1.17. The summed E-state index contributed by atoms with van der Waals surface area (Å²) in [6, 6.07) is 5.73.